The number of nitrogens with zero attached hydrogens (tertiary/aromatic N) is 1. The van der Waals surface area contributed by atoms with E-state index in [2.05, 4.69) is 71.8 Å². The Morgan fingerprint density at radius 2 is 1.75 bits per heavy atom. The van der Waals surface area contributed by atoms with E-state index in [0.717, 1.165) is 30.0 Å². The third-order valence-corrected chi connectivity index (χ3v) is 3.35. The van der Waals surface area contributed by atoms with E-state index in [1.165, 1.54) is 10.8 Å². The molecule has 2 aromatic carbocycles. The molecule has 0 aliphatic rings. The number of aromatic nitrogens is 1. The van der Waals surface area contributed by atoms with E-state index in [1.807, 2.05) is 6.07 Å². The highest BCUT2D eigenvalue weighted by atomic mass is 15.0. The lowest BCUT2D eigenvalue weighted by atomic mass is 10.0. The number of hydrogen-bond donors (Lipinski definition) is 1. The zero-order valence-electron chi connectivity index (χ0n) is 11.6. The zero-order chi connectivity index (χ0) is 13.8. The molecule has 0 unspecified atom stereocenters. The van der Waals surface area contributed by atoms with Crippen molar-refractivity contribution in [3.8, 4) is 11.3 Å². The lowest BCUT2D eigenvalue weighted by Gasteiger charge is -2.07. The zero-order valence-corrected chi connectivity index (χ0v) is 11.6. The van der Waals surface area contributed by atoms with Gasteiger partial charge in [0.15, 0.2) is 0 Å². The van der Waals surface area contributed by atoms with Gasteiger partial charge in [0.25, 0.3) is 0 Å². The Hall–Kier alpha value is -2.35. The van der Waals surface area contributed by atoms with Crippen LogP contribution in [-0.4, -0.2) is 11.5 Å². The van der Waals surface area contributed by atoms with Crippen molar-refractivity contribution in [3.05, 3.63) is 60.7 Å². The first-order chi connectivity index (χ1) is 9.86. The maximum Gasteiger partial charge on any atom is 0.126 e. The lowest BCUT2D eigenvalue weighted by molar-refractivity contribution is 0.970. The fourth-order valence-corrected chi connectivity index (χ4v) is 2.30. The van der Waals surface area contributed by atoms with Gasteiger partial charge in [-0.1, -0.05) is 49.4 Å². The van der Waals surface area contributed by atoms with Crippen molar-refractivity contribution in [3.63, 3.8) is 0 Å². The molecule has 100 valence electrons. The molecule has 2 nitrogen and oxygen atoms in total. The van der Waals surface area contributed by atoms with E-state index in [-0.39, 0.29) is 0 Å². The van der Waals surface area contributed by atoms with Crippen LogP contribution in [0.5, 0.6) is 0 Å². The third-order valence-electron chi connectivity index (χ3n) is 3.35. The first-order valence-corrected chi connectivity index (χ1v) is 7.07. The molecule has 0 spiro atoms. The van der Waals surface area contributed by atoms with Crippen LogP contribution in [0, 0.1) is 0 Å². The molecular weight excluding hydrogens is 244 g/mol. The second kappa shape index (κ2) is 5.74. The summed E-state index contributed by atoms with van der Waals surface area (Å²) in [5.74, 6) is 0.942. The predicted octanol–water partition coefficient (Wildman–Crippen LogP) is 4.72. The van der Waals surface area contributed by atoms with Crippen LogP contribution in [0.2, 0.25) is 0 Å². The number of nitrogens with one attached hydrogen (secondary N) is 1. The Kier molecular flexibility index (Phi) is 3.64. The van der Waals surface area contributed by atoms with Crippen molar-refractivity contribution < 1.29 is 0 Å². The van der Waals surface area contributed by atoms with Crippen molar-refractivity contribution in [2.45, 2.75) is 13.3 Å². The smallest absolute Gasteiger partial charge is 0.126 e. The molecule has 0 aliphatic carbocycles. The summed E-state index contributed by atoms with van der Waals surface area (Å²) in [6.07, 6.45) is 1.10. The van der Waals surface area contributed by atoms with Crippen molar-refractivity contribution >= 4 is 16.6 Å². The molecule has 1 aromatic heterocycles. The Bertz CT molecular complexity index is 719. The molecule has 3 rings (SSSR count). The molecule has 0 atom stereocenters. The van der Waals surface area contributed by atoms with Gasteiger partial charge in [0.1, 0.15) is 5.82 Å². The summed E-state index contributed by atoms with van der Waals surface area (Å²) >= 11 is 0. The summed E-state index contributed by atoms with van der Waals surface area (Å²) in [6.45, 7) is 3.11. The van der Waals surface area contributed by atoms with Crippen LogP contribution in [0.15, 0.2) is 60.7 Å². The monoisotopic (exact) mass is 262 g/mol. The molecule has 2 heteroatoms. The molecule has 0 fully saturated rings. The van der Waals surface area contributed by atoms with Crippen LogP contribution in [0.25, 0.3) is 22.0 Å². The van der Waals surface area contributed by atoms with E-state index in [9.17, 15) is 0 Å². The second-order valence-electron chi connectivity index (χ2n) is 4.90. The topological polar surface area (TPSA) is 24.9 Å². The summed E-state index contributed by atoms with van der Waals surface area (Å²) in [7, 11) is 0. The minimum Gasteiger partial charge on any atom is -0.370 e. The van der Waals surface area contributed by atoms with Crippen LogP contribution in [0.4, 0.5) is 5.82 Å². The van der Waals surface area contributed by atoms with E-state index in [1.54, 1.807) is 0 Å². The molecule has 1 N–H and O–H groups in total. The Balaban J connectivity index is 1.97. The number of benzene rings is 2. The van der Waals surface area contributed by atoms with Crippen LogP contribution >= 0.6 is 0 Å². The van der Waals surface area contributed by atoms with Gasteiger partial charge in [-0.05, 0) is 35.4 Å². The maximum atomic E-state index is 4.68. The summed E-state index contributed by atoms with van der Waals surface area (Å²) in [4.78, 5) is 4.68. The van der Waals surface area contributed by atoms with Crippen LogP contribution in [0.1, 0.15) is 13.3 Å². The van der Waals surface area contributed by atoms with Gasteiger partial charge in [-0.2, -0.15) is 0 Å². The molecule has 0 radical (unpaired) electrons. The third kappa shape index (κ3) is 2.64. The number of pyridine rings is 1. The molecule has 0 amide bonds. The molecule has 1 heterocycles. The van der Waals surface area contributed by atoms with Gasteiger partial charge < -0.3 is 5.32 Å². The normalized spacial score (nSPS) is 10.7. The van der Waals surface area contributed by atoms with E-state index in [4.69, 9.17) is 0 Å². The van der Waals surface area contributed by atoms with Gasteiger partial charge in [0.2, 0.25) is 0 Å². The number of fused-ring (bicyclic) bond motifs is 1. The first kappa shape index (κ1) is 12.7. The highest BCUT2D eigenvalue weighted by Gasteiger charge is 2.02. The van der Waals surface area contributed by atoms with Gasteiger partial charge in [0.05, 0.1) is 5.69 Å². The SMILES string of the molecule is CCCNc1cccc(-c2ccc3ccccc3c2)n1. The Morgan fingerprint density at radius 1 is 0.900 bits per heavy atom. The van der Waals surface area contributed by atoms with E-state index >= 15 is 0 Å². The Morgan fingerprint density at radius 3 is 2.60 bits per heavy atom. The minimum absolute atomic E-state index is 0.942. The van der Waals surface area contributed by atoms with Crippen LogP contribution < -0.4 is 5.32 Å². The van der Waals surface area contributed by atoms with E-state index in [0.29, 0.717) is 0 Å². The largest absolute Gasteiger partial charge is 0.370 e. The molecule has 0 aliphatic heterocycles. The van der Waals surface area contributed by atoms with Gasteiger partial charge in [-0.25, -0.2) is 4.98 Å². The standard InChI is InChI=1S/C18H18N2/c1-2-12-19-18-9-5-8-17(20-18)16-11-10-14-6-3-4-7-15(14)13-16/h3-11,13H,2,12H2,1H3,(H,19,20). The molecular formula is C18H18N2. The number of hydrogen-bond acceptors (Lipinski definition) is 2. The predicted molar refractivity (Wildman–Crippen MR) is 86.0 cm³/mol. The van der Waals surface area contributed by atoms with Crippen molar-refractivity contribution in [2.75, 3.05) is 11.9 Å². The number of rotatable bonds is 4. The van der Waals surface area contributed by atoms with Crippen molar-refractivity contribution in [1.82, 2.24) is 4.98 Å². The highest BCUT2D eigenvalue weighted by Crippen LogP contribution is 2.23. The molecule has 0 saturated heterocycles. The Labute approximate surface area is 119 Å². The minimum atomic E-state index is 0.942. The summed E-state index contributed by atoms with van der Waals surface area (Å²) in [6, 6.07) is 21.0. The highest BCUT2D eigenvalue weighted by molar-refractivity contribution is 5.86. The second-order valence-corrected chi connectivity index (χ2v) is 4.90. The fraction of sp³-hybridized carbons (Fsp3) is 0.167. The van der Waals surface area contributed by atoms with Crippen LogP contribution in [0.3, 0.4) is 0 Å². The van der Waals surface area contributed by atoms with Gasteiger partial charge in [-0.15, -0.1) is 0 Å². The first-order valence-electron chi connectivity index (χ1n) is 7.07. The quantitative estimate of drug-likeness (QED) is 0.735. The molecule has 3 aromatic rings. The summed E-state index contributed by atoms with van der Waals surface area (Å²) in [5.41, 5.74) is 2.17. The summed E-state index contributed by atoms with van der Waals surface area (Å²) < 4.78 is 0. The average molecular weight is 262 g/mol. The average Bonchev–Trinajstić information content (AvgIpc) is 2.53. The summed E-state index contributed by atoms with van der Waals surface area (Å²) in [5, 5.41) is 5.84. The molecule has 0 bridgehead atoms. The van der Waals surface area contributed by atoms with E-state index < -0.39 is 0 Å². The van der Waals surface area contributed by atoms with Crippen molar-refractivity contribution in [1.29, 1.82) is 0 Å². The van der Waals surface area contributed by atoms with Crippen LogP contribution in [-0.2, 0) is 0 Å². The fourth-order valence-electron chi connectivity index (χ4n) is 2.30. The number of anilines is 1. The van der Waals surface area contributed by atoms with Gasteiger partial charge >= 0.3 is 0 Å². The molecule has 20 heavy (non-hydrogen) atoms. The maximum absolute atomic E-state index is 4.68. The van der Waals surface area contributed by atoms with Crippen molar-refractivity contribution in [2.24, 2.45) is 0 Å². The van der Waals surface area contributed by atoms with Gasteiger partial charge in [-0.3, -0.25) is 0 Å². The molecule has 0 saturated carbocycles. The van der Waals surface area contributed by atoms with Gasteiger partial charge in [0, 0.05) is 12.1 Å². The lowest BCUT2D eigenvalue weighted by Crippen LogP contribution is -2.01.